The third-order valence-corrected chi connectivity index (χ3v) is 4.15. The maximum Gasteiger partial charge on any atom is 0.226 e. The van der Waals surface area contributed by atoms with Crippen molar-refractivity contribution in [3.63, 3.8) is 0 Å². The summed E-state index contributed by atoms with van der Waals surface area (Å²) in [7, 11) is 0. The fourth-order valence-corrected chi connectivity index (χ4v) is 2.64. The minimum Gasteiger partial charge on any atom is -0.343 e. The zero-order valence-corrected chi connectivity index (χ0v) is 13.0. The van der Waals surface area contributed by atoms with Crippen LogP contribution in [0.2, 0.25) is 0 Å². The Morgan fingerprint density at radius 2 is 2.13 bits per heavy atom. The molecule has 4 nitrogen and oxygen atoms in total. The maximum atomic E-state index is 14.3. The zero-order chi connectivity index (χ0) is 16.6. The van der Waals surface area contributed by atoms with Gasteiger partial charge in [-0.25, -0.2) is 8.78 Å². The van der Waals surface area contributed by atoms with Crippen molar-refractivity contribution < 1.29 is 13.6 Å². The van der Waals surface area contributed by atoms with Crippen LogP contribution in [-0.2, 0) is 4.79 Å². The van der Waals surface area contributed by atoms with E-state index in [9.17, 15) is 13.6 Å². The Morgan fingerprint density at radius 3 is 2.65 bits per heavy atom. The van der Waals surface area contributed by atoms with Crippen molar-refractivity contribution >= 4 is 5.91 Å². The van der Waals surface area contributed by atoms with Gasteiger partial charge in [0, 0.05) is 6.20 Å². The van der Waals surface area contributed by atoms with Gasteiger partial charge in [0.1, 0.15) is 12.0 Å². The van der Waals surface area contributed by atoms with Gasteiger partial charge in [0.05, 0.1) is 17.7 Å². The SMILES string of the molecule is CC(C)c1ccc([C@@H](NC(=O)[C@H]2C[C@@H]2F)c2ccn[nH]2)cc1F. The molecule has 0 bridgehead atoms. The van der Waals surface area contributed by atoms with Crippen molar-refractivity contribution in [1.29, 1.82) is 0 Å². The quantitative estimate of drug-likeness (QED) is 0.889. The van der Waals surface area contributed by atoms with E-state index >= 15 is 0 Å². The summed E-state index contributed by atoms with van der Waals surface area (Å²) in [5.41, 5.74) is 1.85. The molecular weight excluding hydrogens is 300 g/mol. The largest absolute Gasteiger partial charge is 0.343 e. The number of aromatic nitrogens is 2. The van der Waals surface area contributed by atoms with Gasteiger partial charge < -0.3 is 5.32 Å². The minimum atomic E-state index is -1.07. The van der Waals surface area contributed by atoms with Crippen molar-refractivity contribution in [3.8, 4) is 0 Å². The molecule has 1 aromatic heterocycles. The molecule has 0 aliphatic heterocycles. The van der Waals surface area contributed by atoms with Crippen LogP contribution in [0, 0.1) is 11.7 Å². The van der Waals surface area contributed by atoms with Gasteiger partial charge in [0.15, 0.2) is 0 Å². The summed E-state index contributed by atoms with van der Waals surface area (Å²) in [6.45, 7) is 3.83. The molecule has 0 radical (unpaired) electrons. The summed E-state index contributed by atoms with van der Waals surface area (Å²) < 4.78 is 27.4. The number of hydrogen-bond acceptors (Lipinski definition) is 2. The molecule has 1 aliphatic rings. The van der Waals surface area contributed by atoms with Gasteiger partial charge in [-0.3, -0.25) is 9.89 Å². The molecule has 0 unspecified atom stereocenters. The Bertz CT molecular complexity index is 700. The number of H-pyrrole nitrogens is 1. The molecule has 23 heavy (non-hydrogen) atoms. The molecule has 1 heterocycles. The van der Waals surface area contributed by atoms with Crippen LogP contribution in [-0.4, -0.2) is 22.3 Å². The van der Waals surface area contributed by atoms with Gasteiger partial charge in [-0.1, -0.05) is 26.0 Å². The third kappa shape index (κ3) is 3.25. The summed E-state index contributed by atoms with van der Waals surface area (Å²) in [5.74, 6) is -1.19. The van der Waals surface area contributed by atoms with Gasteiger partial charge in [-0.05, 0) is 35.6 Å². The third-order valence-electron chi connectivity index (χ3n) is 4.15. The molecule has 0 spiro atoms. The average Bonchev–Trinajstić information content (AvgIpc) is 3.00. The fraction of sp³-hybridized carbons (Fsp3) is 0.412. The van der Waals surface area contributed by atoms with Crippen molar-refractivity contribution in [1.82, 2.24) is 15.5 Å². The fourth-order valence-electron chi connectivity index (χ4n) is 2.64. The first-order chi connectivity index (χ1) is 11.0. The smallest absolute Gasteiger partial charge is 0.226 e. The van der Waals surface area contributed by atoms with Crippen LogP contribution in [0.3, 0.4) is 0 Å². The standard InChI is InChI=1S/C17H19F2N3O/c1-9(2)11-4-3-10(7-13(11)18)16(15-5-6-20-22-15)21-17(23)12-8-14(12)19/h3-7,9,12,14,16H,8H2,1-2H3,(H,20,22)(H,21,23)/t12-,14-,16+/m0/s1. The molecular formula is C17H19F2N3O. The van der Waals surface area contributed by atoms with Crippen LogP contribution in [0.5, 0.6) is 0 Å². The highest BCUT2D eigenvalue weighted by molar-refractivity contribution is 5.82. The number of amides is 1. The average molecular weight is 319 g/mol. The lowest BCUT2D eigenvalue weighted by atomic mass is 9.97. The number of alkyl halides is 1. The number of carbonyl (C=O) groups excluding carboxylic acids is 1. The van der Waals surface area contributed by atoms with Crippen LogP contribution < -0.4 is 5.32 Å². The molecule has 1 fully saturated rings. The first-order valence-electron chi connectivity index (χ1n) is 7.70. The van der Waals surface area contributed by atoms with Crippen molar-refractivity contribution in [2.24, 2.45) is 5.92 Å². The van der Waals surface area contributed by atoms with Crippen LogP contribution in [0.4, 0.5) is 8.78 Å². The first kappa shape index (κ1) is 15.6. The maximum absolute atomic E-state index is 14.3. The molecule has 2 aromatic rings. The van der Waals surface area contributed by atoms with Crippen LogP contribution in [0.15, 0.2) is 30.5 Å². The van der Waals surface area contributed by atoms with E-state index in [1.807, 2.05) is 13.8 Å². The number of carbonyl (C=O) groups is 1. The lowest BCUT2D eigenvalue weighted by Gasteiger charge is -2.19. The van der Waals surface area contributed by atoms with Gasteiger partial charge in [-0.2, -0.15) is 5.10 Å². The second-order valence-electron chi connectivity index (χ2n) is 6.25. The predicted molar refractivity (Wildman–Crippen MR) is 82.1 cm³/mol. The van der Waals surface area contributed by atoms with Gasteiger partial charge in [0.25, 0.3) is 0 Å². The van der Waals surface area contributed by atoms with Gasteiger partial charge in [0.2, 0.25) is 5.91 Å². The number of benzene rings is 1. The lowest BCUT2D eigenvalue weighted by Crippen LogP contribution is -2.31. The van der Waals surface area contributed by atoms with Crippen LogP contribution in [0.25, 0.3) is 0 Å². The minimum absolute atomic E-state index is 0.0722. The van der Waals surface area contributed by atoms with E-state index in [0.717, 1.165) is 0 Å². The molecule has 3 atom stereocenters. The second kappa shape index (κ2) is 6.10. The highest BCUT2D eigenvalue weighted by Gasteiger charge is 2.44. The van der Waals surface area contributed by atoms with E-state index in [-0.39, 0.29) is 24.1 Å². The van der Waals surface area contributed by atoms with E-state index in [0.29, 0.717) is 16.8 Å². The number of nitrogens with zero attached hydrogens (tertiary/aromatic N) is 1. The zero-order valence-electron chi connectivity index (χ0n) is 13.0. The first-order valence-corrected chi connectivity index (χ1v) is 7.70. The Kier molecular flexibility index (Phi) is 4.15. The molecule has 1 aliphatic carbocycles. The van der Waals surface area contributed by atoms with E-state index < -0.39 is 18.1 Å². The lowest BCUT2D eigenvalue weighted by molar-refractivity contribution is -0.123. The summed E-state index contributed by atoms with van der Waals surface area (Å²) in [6.07, 6.45) is 0.738. The van der Waals surface area contributed by atoms with Crippen molar-refractivity contribution in [3.05, 3.63) is 53.1 Å². The Hall–Kier alpha value is -2.24. The number of nitrogens with one attached hydrogen (secondary N) is 2. The van der Waals surface area contributed by atoms with E-state index in [2.05, 4.69) is 15.5 Å². The molecule has 1 amide bonds. The molecule has 6 heteroatoms. The Labute approximate surface area is 133 Å². The Balaban J connectivity index is 1.89. The second-order valence-corrected chi connectivity index (χ2v) is 6.25. The van der Waals surface area contributed by atoms with Crippen molar-refractivity contribution in [2.45, 2.75) is 38.4 Å². The highest BCUT2D eigenvalue weighted by Crippen LogP contribution is 2.35. The summed E-state index contributed by atoms with van der Waals surface area (Å²) in [4.78, 5) is 12.1. The monoisotopic (exact) mass is 319 g/mol. The molecule has 1 aromatic carbocycles. The number of hydrogen-bond donors (Lipinski definition) is 2. The van der Waals surface area contributed by atoms with E-state index in [1.54, 1.807) is 24.4 Å². The van der Waals surface area contributed by atoms with Crippen LogP contribution >= 0.6 is 0 Å². The summed E-state index contributed by atoms with van der Waals surface area (Å²) in [6, 6.07) is 6.05. The highest BCUT2D eigenvalue weighted by atomic mass is 19.1. The summed E-state index contributed by atoms with van der Waals surface area (Å²) in [5, 5.41) is 9.45. The normalized spacial score (nSPS) is 21.3. The van der Waals surface area contributed by atoms with Crippen LogP contribution in [0.1, 0.15) is 49.0 Å². The number of aromatic amines is 1. The van der Waals surface area contributed by atoms with E-state index in [1.165, 1.54) is 6.07 Å². The van der Waals surface area contributed by atoms with Gasteiger partial charge >= 0.3 is 0 Å². The molecule has 0 saturated heterocycles. The summed E-state index contributed by atoms with van der Waals surface area (Å²) >= 11 is 0. The Morgan fingerprint density at radius 1 is 1.39 bits per heavy atom. The topological polar surface area (TPSA) is 57.8 Å². The molecule has 2 N–H and O–H groups in total. The predicted octanol–water partition coefficient (Wildman–Crippen LogP) is 3.24. The van der Waals surface area contributed by atoms with Crippen molar-refractivity contribution in [2.75, 3.05) is 0 Å². The molecule has 1 saturated carbocycles. The molecule has 3 rings (SSSR count). The number of rotatable bonds is 5. The number of halogens is 2. The van der Waals surface area contributed by atoms with Gasteiger partial charge in [-0.15, -0.1) is 0 Å². The molecule has 122 valence electrons. The van der Waals surface area contributed by atoms with E-state index in [4.69, 9.17) is 0 Å².